The fourth-order valence-electron chi connectivity index (χ4n) is 3.26. The molecule has 3 aromatic rings. The van der Waals surface area contributed by atoms with Crippen molar-refractivity contribution in [3.8, 4) is 17.1 Å². The molecular formula is C21H19F2N3O3. The van der Waals surface area contributed by atoms with E-state index < -0.39 is 11.6 Å². The van der Waals surface area contributed by atoms with Gasteiger partial charge in [-0.3, -0.25) is 4.79 Å². The van der Waals surface area contributed by atoms with Crippen LogP contribution >= 0.6 is 0 Å². The number of carbonyl (C=O) groups is 1. The summed E-state index contributed by atoms with van der Waals surface area (Å²) in [7, 11) is 0. The minimum Gasteiger partial charge on any atom is -0.494 e. The lowest BCUT2D eigenvalue weighted by molar-refractivity contribution is -0.117. The molecule has 1 aliphatic heterocycles. The van der Waals surface area contributed by atoms with Gasteiger partial charge in [0.05, 0.1) is 12.5 Å². The van der Waals surface area contributed by atoms with E-state index in [0.29, 0.717) is 18.3 Å². The van der Waals surface area contributed by atoms with E-state index in [-0.39, 0.29) is 30.5 Å². The number of halogens is 2. The standard InChI is InChI=1S/C21H19F2N3O3/c1-2-7-28-18-5-3-13(4-6-18)20-24-21(29-25-20)14-8-19(27)26(12-14)17-10-15(22)9-16(23)11-17/h3-6,9-11,14H,2,7-8,12H2,1H3. The van der Waals surface area contributed by atoms with Crippen LogP contribution in [0.2, 0.25) is 0 Å². The largest absolute Gasteiger partial charge is 0.494 e. The number of ether oxygens (including phenoxy) is 1. The van der Waals surface area contributed by atoms with Gasteiger partial charge in [-0.05, 0) is 42.8 Å². The summed E-state index contributed by atoms with van der Waals surface area (Å²) in [5, 5.41) is 4.00. The number of amides is 1. The van der Waals surface area contributed by atoms with Gasteiger partial charge in [0, 0.05) is 30.3 Å². The molecule has 0 bridgehead atoms. The van der Waals surface area contributed by atoms with Crippen LogP contribution in [0.15, 0.2) is 47.0 Å². The average molecular weight is 399 g/mol. The van der Waals surface area contributed by atoms with Crippen LogP contribution in [-0.4, -0.2) is 29.2 Å². The van der Waals surface area contributed by atoms with Crippen LogP contribution in [0.5, 0.6) is 5.75 Å². The van der Waals surface area contributed by atoms with Crippen molar-refractivity contribution in [2.24, 2.45) is 0 Å². The normalized spacial score (nSPS) is 16.4. The maximum atomic E-state index is 13.5. The van der Waals surface area contributed by atoms with Gasteiger partial charge in [0.25, 0.3) is 0 Å². The van der Waals surface area contributed by atoms with Gasteiger partial charge in [-0.2, -0.15) is 4.98 Å². The summed E-state index contributed by atoms with van der Waals surface area (Å²) in [5.74, 6) is -0.577. The summed E-state index contributed by atoms with van der Waals surface area (Å²) < 4.78 is 37.9. The maximum absolute atomic E-state index is 13.5. The summed E-state index contributed by atoms with van der Waals surface area (Å²) in [6.07, 6.45) is 1.05. The Morgan fingerprint density at radius 2 is 1.90 bits per heavy atom. The van der Waals surface area contributed by atoms with Crippen LogP contribution in [0, 0.1) is 11.6 Å². The molecular weight excluding hydrogens is 380 g/mol. The van der Waals surface area contributed by atoms with Crippen LogP contribution in [0.1, 0.15) is 31.6 Å². The van der Waals surface area contributed by atoms with Crippen molar-refractivity contribution in [3.63, 3.8) is 0 Å². The monoisotopic (exact) mass is 399 g/mol. The number of nitrogens with zero attached hydrogens (tertiary/aromatic N) is 3. The first-order valence-corrected chi connectivity index (χ1v) is 9.37. The van der Waals surface area contributed by atoms with E-state index in [2.05, 4.69) is 10.1 Å². The van der Waals surface area contributed by atoms with Crippen LogP contribution in [-0.2, 0) is 4.79 Å². The molecule has 0 radical (unpaired) electrons. The van der Waals surface area contributed by atoms with Crippen LogP contribution in [0.4, 0.5) is 14.5 Å². The lowest BCUT2D eigenvalue weighted by Gasteiger charge is -2.16. The van der Waals surface area contributed by atoms with E-state index in [1.54, 1.807) is 0 Å². The molecule has 1 unspecified atom stereocenters. The predicted molar refractivity (Wildman–Crippen MR) is 102 cm³/mol. The second-order valence-corrected chi connectivity index (χ2v) is 6.86. The molecule has 0 aliphatic carbocycles. The van der Waals surface area contributed by atoms with Gasteiger partial charge in [0.15, 0.2) is 0 Å². The lowest BCUT2D eigenvalue weighted by atomic mass is 10.1. The second-order valence-electron chi connectivity index (χ2n) is 6.86. The highest BCUT2D eigenvalue weighted by molar-refractivity contribution is 5.96. The van der Waals surface area contributed by atoms with Crippen molar-refractivity contribution in [2.45, 2.75) is 25.7 Å². The van der Waals surface area contributed by atoms with E-state index in [0.717, 1.165) is 35.9 Å². The van der Waals surface area contributed by atoms with E-state index >= 15 is 0 Å². The Balaban J connectivity index is 1.49. The third-order valence-corrected chi connectivity index (χ3v) is 4.66. The van der Waals surface area contributed by atoms with E-state index in [4.69, 9.17) is 9.26 Å². The number of anilines is 1. The van der Waals surface area contributed by atoms with Crippen LogP contribution < -0.4 is 9.64 Å². The number of benzene rings is 2. The molecule has 4 rings (SSSR count). The summed E-state index contributed by atoms with van der Waals surface area (Å²) in [5.41, 5.74) is 0.939. The summed E-state index contributed by atoms with van der Waals surface area (Å²) in [4.78, 5) is 18.1. The van der Waals surface area contributed by atoms with Crippen molar-refractivity contribution in [1.29, 1.82) is 0 Å². The second kappa shape index (κ2) is 7.98. The van der Waals surface area contributed by atoms with Crippen molar-refractivity contribution >= 4 is 11.6 Å². The third kappa shape index (κ3) is 4.11. The number of aromatic nitrogens is 2. The molecule has 0 N–H and O–H groups in total. The molecule has 0 saturated carbocycles. The highest BCUT2D eigenvalue weighted by Crippen LogP contribution is 2.32. The number of rotatable bonds is 6. The average Bonchev–Trinajstić information content (AvgIpc) is 3.33. The van der Waals surface area contributed by atoms with Gasteiger partial charge in [-0.25, -0.2) is 8.78 Å². The van der Waals surface area contributed by atoms with E-state index in [1.807, 2.05) is 31.2 Å². The first-order valence-electron chi connectivity index (χ1n) is 9.37. The molecule has 2 heterocycles. The summed E-state index contributed by atoms with van der Waals surface area (Å²) >= 11 is 0. The number of hydrogen-bond donors (Lipinski definition) is 0. The molecule has 1 aromatic heterocycles. The molecule has 6 nitrogen and oxygen atoms in total. The van der Waals surface area contributed by atoms with Gasteiger partial charge in [-0.1, -0.05) is 12.1 Å². The Kier molecular flexibility index (Phi) is 5.24. The van der Waals surface area contributed by atoms with E-state index in [9.17, 15) is 13.6 Å². The Morgan fingerprint density at radius 3 is 2.59 bits per heavy atom. The first-order chi connectivity index (χ1) is 14.0. The van der Waals surface area contributed by atoms with Gasteiger partial charge >= 0.3 is 0 Å². The minimum absolute atomic E-state index is 0.129. The fraction of sp³-hybridized carbons (Fsp3) is 0.286. The molecule has 0 spiro atoms. The smallest absolute Gasteiger partial charge is 0.232 e. The van der Waals surface area contributed by atoms with Gasteiger partial charge in [0.2, 0.25) is 17.6 Å². The summed E-state index contributed by atoms with van der Waals surface area (Å²) in [6.45, 7) is 2.90. The quantitative estimate of drug-likeness (QED) is 0.617. The third-order valence-electron chi connectivity index (χ3n) is 4.66. The molecule has 29 heavy (non-hydrogen) atoms. The zero-order chi connectivity index (χ0) is 20.4. The molecule has 1 saturated heterocycles. The number of carbonyl (C=O) groups excluding carboxylic acids is 1. The van der Waals surface area contributed by atoms with Gasteiger partial charge < -0.3 is 14.2 Å². The van der Waals surface area contributed by atoms with Crippen molar-refractivity contribution < 1.29 is 22.8 Å². The van der Waals surface area contributed by atoms with Gasteiger partial charge in [-0.15, -0.1) is 0 Å². The zero-order valence-electron chi connectivity index (χ0n) is 15.8. The molecule has 150 valence electrons. The summed E-state index contributed by atoms with van der Waals surface area (Å²) in [6, 6.07) is 10.4. The topological polar surface area (TPSA) is 68.5 Å². The van der Waals surface area contributed by atoms with Crippen molar-refractivity contribution in [2.75, 3.05) is 18.1 Å². The van der Waals surface area contributed by atoms with Gasteiger partial charge in [0.1, 0.15) is 17.4 Å². The Bertz CT molecular complexity index is 1000. The molecule has 1 amide bonds. The number of hydrogen-bond acceptors (Lipinski definition) is 5. The SMILES string of the molecule is CCCOc1ccc(-c2noc(C3CC(=O)N(c4cc(F)cc(F)c4)C3)n2)cc1. The molecule has 1 aliphatic rings. The molecule has 1 fully saturated rings. The highest BCUT2D eigenvalue weighted by atomic mass is 19.1. The molecule has 1 atom stereocenters. The molecule has 8 heteroatoms. The Hall–Kier alpha value is -3.29. The predicted octanol–water partition coefficient (Wildman–Crippen LogP) is 4.32. The Labute approximate surface area is 166 Å². The van der Waals surface area contributed by atoms with Crippen molar-refractivity contribution in [1.82, 2.24) is 10.1 Å². The zero-order valence-corrected chi connectivity index (χ0v) is 15.8. The fourth-order valence-corrected chi connectivity index (χ4v) is 3.26. The maximum Gasteiger partial charge on any atom is 0.232 e. The highest BCUT2D eigenvalue weighted by Gasteiger charge is 2.35. The van der Waals surface area contributed by atoms with E-state index in [1.165, 1.54) is 4.90 Å². The minimum atomic E-state index is -0.734. The lowest BCUT2D eigenvalue weighted by Crippen LogP contribution is -2.24. The van der Waals surface area contributed by atoms with Crippen LogP contribution in [0.3, 0.4) is 0 Å². The van der Waals surface area contributed by atoms with Crippen molar-refractivity contribution in [3.05, 3.63) is 60.0 Å². The van der Waals surface area contributed by atoms with Crippen LogP contribution in [0.25, 0.3) is 11.4 Å². The first kappa shape index (κ1) is 19.0. The Morgan fingerprint density at radius 1 is 1.17 bits per heavy atom. The molecule has 2 aromatic carbocycles.